The number of thioether (sulfide) groups is 1. The van der Waals surface area contributed by atoms with Gasteiger partial charge in [-0.05, 0) is 30.7 Å². The number of hydrogen-bond acceptors (Lipinski definition) is 4. The molecule has 0 aliphatic rings. The highest BCUT2D eigenvalue weighted by Gasteiger charge is 2.10. The monoisotopic (exact) mass is 294 g/mol. The van der Waals surface area contributed by atoms with Crippen molar-refractivity contribution >= 4 is 11.8 Å². The summed E-state index contributed by atoms with van der Waals surface area (Å²) in [5.74, 6) is 1.48. The van der Waals surface area contributed by atoms with E-state index in [1.54, 1.807) is 30.2 Å². The van der Waals surface area contributed by atoms with Gasteiger partial charge in [-0.3, -0.25) is 4.68 Å². The Hall–Kier alpha value is -1.40. The van der Waals surface area contributed by atoms with Gasteiger partial charge in [-0.1, -0.05) is 6.92 Å². The Bertz CT molecular complexity index is 526. The lowest BCUT2D eigenvalue weighted by Crippen LogP contribution is -2.27. The van der Waals surface area contributed by atoms with E-state index < -0.39 is 0 Å². The van der Waals surface area contributed by atoms with Crippen LogP contribution in [0.2, 0.25) is 0 Å². The van der Waals surface area contributed by atoms with E-state index in [2.05, 4.69) is 17.0 Å². The van der Waals surface area contributed by atoms with E-state index in [9.17, 15) is 4.39 Å². The second kappa shape index (κ2) is 7.40. The highest BCUT2D eigenvalue weighted by molar-refractivity contribution is 7.99. The molecule has 6 heteroatoms. The summed E-state index contributed by atoms with van der Waals surface area (Å²) >= 11 is 1.63. The summed E-state index contributed by atoms with van der Waals surface area (Å²) in [6.45, 7) is 2.98. The fourth-order valence-corrected chi connectivity index (χ4v) is 2.73. The van der Waals surface area contributed by atoms with Gasteiger partial charge in [0.05, 0.1) is 0 Å². The topological polar surface area (TPSA) is 56.7 Å². The number of benzene rings is 1. The summed E-state index contributed by atoms with van der Waals surface area (Å²) in [5.41, 5.74) is 6.13. The number of rotatable bonds is 7. The van der Waals surface area contributed by atoms with E-state index in [0.717, 1.165) is 29.4 Å². The first-order chi connectivity index (χ1) is 9.69. The van der Waals surface area contributed by atoms with Crippen LogP contribution in [0.1, 0.15) is 19.2 Å². The molecule has 1 heterocycles. The summed E-state index contributed by atoms with van der Waals surface area (Å²) < 4.78 is 14.7. The molecule has 2 rings (SSSR count). The van der Waals surface area contributed by atoms with Crippen molar-refractivity contribution in [3.8, 4) is 0 Å². The molecule has 1 unspecified atom stereocenters. The molecule has 0 saturated carbocycles. The number of halogens is 1. The molecule has 0 bridgehead atoms. The highest BCUT2D eigenvalue weighted by atomic mass is 32.2. The van der Waals surface area contributed by atoms with Gasteiger partial charge in [0.15, 0.2) is 0 Å². The zero-order valence-electron chi connectivity index (χ0n) is 11.5. The van der Waals surface area contributed by atoms with Crippen LogP contribution in [-0.4, -0.2) is 26.6 Å². The first-order valence-corrected chi connectivity index (χ1v) is 7.68. The number of nitrogens with zero attached hydrogens (tertiary/aromatic N) is 3. The van der Waals surface area contributed by atoms with Crippen LogP contribution in [0.3, 0.4) is 0 Å². The maximum absolute atomic E-state index is 12.8. The van der Waals surface area contributed by atoms with Crippen molar-refractivity contribution in [1.82, 2.24) is 14.8 Å². The van der Waals surface area contributed by atoms with E-state index in [4.69, 9.17) is 5.73 Å². The van der Waals surface area contributed by atoms with E-state index in [1.807, 2.05) is 4.68 Å². The smallest absolute Gasteiger partial charge is 0.138 e. The second-order valence-corrected chi connectivity index (χ2v) is 5.72. The van der Waals surface area contributed by atoms with Crippen molar-refractivity contribution in [2.75, 3.05) is 5.75 Å². The van der Waals surface area contributed by atoms with Crippen LogP contribution in [0.15, 0.2) is 35.5 Å². The lowest BCUT2D eigenvalue weighted by Gasteiger charge is -2.11. The molecule has 0 amide bonds. The Labute approximate surface area is 122 Å². The van der Waals surface area contributed by atoms with Gasteiger partial charge in [0.25, 0.3) is 0 Å². The first-order valence-electron chi connectivity index (χ1n) is 6.69. The van der Waals surface area contributed by atoms with E-state index in [1.165, 1.54) is 12.1 Å². The predicted octanol–water partition coefficient (Wildman–Crippen LogP) is 2.49. The van der Waals surface area contributed by atoms with Crippen molar-refractivity contribution in [2.24, 2.45) is 5.73 Å². The molecule has 20 heavy (non-hydrogen) atoms. The minimum Gasteiger partial charge on any atom is -0.327 e. The molecule has 1 aromatic heterocycles. The zero-order valence-corrected chi connectivity index (χ0v) is 12.3. The minimum absolute atomic E-state index is 0.00450. The van der Waals surface area contributed by atoms with E-state index >= 15 is 0 Å². The van der Waals surface area contributed by atoms with Gasteiger partial charge >= 0.3 is 0 Å². The third-order valence-corrected chi connectivity index (χ3v) is 4.05. The molecule has 1 atom stereocenters. The average Bonchev–Trinajstić information content (AvgIpc) is 2.86. The highest BCUT2D eigenvalue weighted by Crippen LogP contribution is 2.19. The molecule has 0 aliphatic carbocycles. The largest absolute Gasteiger partial charge is 0.327 e. The number of hydrogen-bond donors (Lipinski definition) is 1. The van der Waals surface area contributed by atoms with E-state index in [0.29, 0.717) is 6.42 Å². The summed E-state index contributed by atoms with van der Waals surface area (Å²) in [5, 5.41) is 4.19. The molecule has 0 spiro atoms. The Balaban J connectivity index is 1.84. The molecule has 0 fully saturated rings. The van der Waals surface area contributed by atoms with Gasteiger partial charge in [0.2, 0.25) is 0 Å². The Morgan fingerprint density at radius 2 is 2.10 bits per heavy atom. The van der Waals surface area contributed by atoms with Gasteiger partial charge in [0.1, 0.15) is 18.0 Å². The fourth-order valence-electron chi connectivity index (χ4n) is 1.87. The van der Waals surface area contributed by atoms with Gasteiger partial charge in [0, 0.05) is 29.7 Å². The Kier molecular flexibility index (Phi) is 5.55. The summed E-state index contributed by atoms with van der Waals surface area (Å²) in [4.78, 5) is 5.28. The molecule has 2 aromatic rings. The third kappa shape index (κ3) is 4.31. The molecule has 0 radical (unpaired) electrons. The number of aromatic nitrogens is 3. The van der Waals surface area contributed by atoms with Gasteiger partial charge < -0.3 is 5.73 Å². The number of aryl methyl sites for hydroxylation is 1. The molecule has 108 valence electrons. The molecule has 4 nitrogen and oxygen atoms in total. The van der Waals surface area contributed by atoms with Crippen molar-refractivity contribution in [3.05, 3.63) is 42.2 Å². The van der Waals surface area contributed by atoms with Gasteiger partial charge in [-0.25, -0.2) is 9.37 Å². The fraction of sp³-hybridized carbons (Fsp3) is 0.429. The average molecular weight is 294 g/mol. The molecular weight excluding hydrogens is 275 g/mol. The van der Waals surface area contributed by atoms with Crippen LogP contribution >= 0.6 is 11.8 Å². The van der Waals surface area contributed by atoms with Crippen molar-refractivity contribution in [2.45, 2.75) is 37.2 Å². The molecule has 1 aromatic carbocycles. The van der Waals surface area contributed by atoms with E-state index in [-0.39, 0.29) is 11.9 Å². The zero-order chi connectivity index (χ0) is 14.4. The Morgan fingerprint density at radius 1 is 1.35 bits per heavy atom. The lowest BCUT2D eigenvalue weighted by molar-refractivity contribution is 0.553. The van der Waals surface area contributed by atoms with Crippen LogP contribution in [0.5, 0.6) is 0 Å². The van der Waals surface area contributed by atoms with Crippen molar-refractivity contribution in [1.29, 1.82) is 0 Å². The Morgan fingerprint density at radius 3 is 2.80 bits per heavy atom. The summed E-state index contributed by atoms with van der Waals surface area (Å²) in [7, 11) is 0. The maximum atomic E-state index is 12.8. The van der Waals surface area contributed by atoms with Crippen molar-refractivity contribution in [3.63, 3.8) is 0 Å². The summed E-state index contributed by atoms with van der Waals surface area (Å²) in [6.07, 6.45) is 3.30. The van der Waals surface area contributed by atoms with Gasteiger partial charge in [-0.2, -0.15) is 5.10 Å². The molecule has 0 aliphatic heterocycles. The lowest BCUT2D eigenvalue weighted by atomic mass is 10.2. The quantitative estimate of drug-likeness (QED) is 0.797. The first kappa shape index (κ1) is 15.0. The molecule has 0 saturated heterocycles. The van der Waals surface area contributed by atoms with Crippen LogP contribution in [-0.2, 0) is 13.0 Å². The van der Waals surface area contributed by atoms with Crippen molar-refractivity contribution < 1.29 is 4.39 Å². The maximum Gasteiger partial charge on any atom is 0.138 e. The van der Waals surface area contributed by atoms with Crippen LogP contribution in [0, 0.1) is 5.82 Å². The normalized spacial score (nSPS) is 12.6. The van der Waals surface area contributed by atoms with Crippen LogP contribution in [0.25, 0.3) is 0 Å². The summed E-state index contributed by atoms with van der Waals surface area (Å²) in [6, 6.07) is 6.47. The standard InChI is InChI=1S/C14H19FN4S/c1-2-7-19-14(17-10-18-19)8-12(16)9-20-13-5-3-11(15)4-6-13/h3-6,10,12H,2,7-9,16H2,1H3. The van der Waals surface area contributed by atoms with Gasteiger partial charge in [-0.15, -0.1) is 11.8 Å². The SMILES string of the molecule is CCCn1ncnc1CC(N)CSc1ccc(F)cc1. The third-order valence-electron chi connectivity index (χ3n) is 2.85. The van der Waals surface area contributed by atoms with Crippen LogP contribution in [0.4, 0.5) is 4.39 Å². The van der Waals surface area contributed by atoms with Crippen LogP contribution < -0.4 is 5.73 Å². The molecular formula is C14H19FN4S. The predicted molar refractivity (Wildman–Crippen MR) is 79.1 cm³/mol. The minimum atomic E-state index is -0.216. The molecule has 2 N–H and O–H groups in total. The number of nitrogens with two attached hydrogens (primary N) is 1. The second-order valence-electron chi connectivity index (χ2n) is 4.63.